The number of Topliss-reactive ketones (excluding diaryl/α,β-unsaturated/α-hetero) is 1. The zero-order valence-electron chi connectivity index (χ0n) is 18.7. The molecule has 0 bridgehead atoms. The van der Waals surface area contributed by atoms with E-state index in [0.717, 1.165) is 28.0 Å². The van der Waals surface area contributed by atoms with Crippen molar-refractivity contribution >= 4 is 11.3 Å². The number of hydrogen-bond acceptors (Lipinski definition) is 5. The lowest BCUT2D eigenvalue weighted by Crippen LogP contribution is -2.16. The smallest absolute Gasteiger partial charge is 0.255 e. The van der Waals surface area contributed by atoms with Gasteiger partial charge in [0, 0.05) is 42.2 Å². The molecule has 1 N–H and O–H groups in total. The highest BCUT2D eigenvalue weighted by Crippen LogP contribution is 2.32. The van der Waals surface area contributed by atoms with Crippen LogP contribution in [-0.2, 0) is 6.42 Å². The van der Waals surface area contributed by atoms with Gasteiger partial charge in [-0.25, -0.2) is 4.52 Å². The highest BCUT2D eigenvalue weighted by atomic mass is 16.5. The molecule has 0 aliphatic heterocycles. The number of carbonyl (C=O) groups is 1. The Kier molecular flexibility index (Phi) is 5.90. The fourth-order valence-corrected chi connectivity index (χ4v) is 4.35. The average molecular weight is 431 g/mol. The fraction of sp³-hybridized carbons (Fsp3) is 0.280. The van der Waals surface area contributed by atoms with Crippen molar-refractivity contribution in [1.29, 1.82) is 0 Å². The maximum atomic E-state index is 13.4. The third-order valence-electron chi connectivity index (χ3n) is 5.92. The Morgan fingerprint density at radius 1 is 1.22 bits per heavy atom. The Balaban J connectivity index is 1.72. The summed E-state index contributed by atoms with van der Waals surface area (Å²) in [7, 11) is 1.53. The number of rotatable bonds is 7. The normalized spacial score (nSPS) is 12.1. The van der Waals surface area contributed by atoms with Gasteiger partial charge in [-0.15, -0.1) is 0 Å². The van der Waals surface area contributed by atoms with E-state index < -0.39 is 0 Å². The standard InChI is InChI=1S/C25H26N4O3/c1-15-13-22(32-4)19(25(31)28-15)9-10-21(30)23-17(3)24(29-20(23)8-6-12-27-29)16(2)18-7-5-11-26-14-18/h5-8,11-14,16H,9-10H2,1-4H3,(H,28,31). The Morgan fingerprint density at radius 3 is 2.72 bits per heavy atom. The summed E-state index contributed by atoms with van der Waals surface area (Å²) in [4.78, 5) is 32.9. The summed E-state index contributed by atoms with van der Waals surface area (Å²) < 4.78 is 7.22. The number of aromatic nitrogens is 4. The molecule has 0 aliphatic carbocycles. The summed E-state index contributed by atoms with van der Waals surface area (Å²) in [5.74, 6) is 0.484. The van der Waals surface area contributed by atoms with Crippen LogP contribution in [0.3, 0.4) is 0 Å². The first-order chi connectivity index (χ1) is 15.4. The van der Waals surface area contributed by atoms with Gasteiger partial charge in [0.2, 0.25) is 0 Å². The van der Waals surface area contributed by atoms with Crippen LogP contribution in [0.2, 0.25) is 0 Å². The Hall–Kier alpha value is -3.74. The lowest BCUT2D eigenvalue weighted by Gasteiger charge is -2.13. The summed E-state index contributed by atoms with van der Waals surface area (Å²) in [5, 5.41) is 4.53. The van der Waals surface area contributed by atoms with Crippen molar-refractivity contribution in [3.63, 3.8) is 0 Å². The molecule has 164 valence electrons. The Bertz CT molecular complexity index is 1340. The molecule has 0 amide bonds. The molecule has 7 heteroatoms. The zero-order chi connectivity index (χ0) is 22.8. The molecule has 0 saturated carbocycles. The molecule has 4 aromatic heterocycles. The number of carbonyl (C=O) groups excluding carboxylic acids is 1. The van der Waals surface area contributed by atoms with Crippen LogP contribution in [0.4, 0.5) is 0 Å². The lowest BCUT2D eigenvalue weighted by molar-refractivity contribution is 0.0983. The average Bonchev–Trinajstić information content (AvgIpc) is 3.09. The van der Waals surface area contributed by atoms with Crippen molar-refractivity contribution < 1.29 is 9.53 Å². The van der Waals surface area contributed by atoms with Crippen LogP contribution in [0.25, 0.3) is 5.52 Å². The van der Waals surface area contributed by atoms with Gasteiger partial charge in [0.1, 0.15) is 5.75 Å². The molecule has 0 spiro atoms. The van der Waals surface area contributed by atoms with Crippen molar-refractivity contribution in [3.05, 3.63) is 92.9 Å². The van der Waals surface area contributed by atoms with Gasteiger partial charge >= 0.3 is 0 Å². The van der Waals surface area contributed by atoms with Gasteiger partial charge < -0.3 is 9.72 Å². The third kappa shape index (κ3) is 3.82. The lowest BCUT2D eigenvalue weighted by atomic mass is 9.94. The van der Waals surface area contributed by atoms with E-state index in [0.29, 0.717) is 23.3 Å². The number of nitrogens with one attached hydrogen (secondary N) is 1. The molecule has 7 nitrogen and oxygen atoms in total. The van der Waals surface area contributed by atoms with Crippen LogP contribution in [-0.4, -0.2) is 32.5 Å². The van der Waals surface area contributed by atoms with Crippen LogP contribution in [0.5, 0.6) is 5.75 Å². The number of ether oxygens (including phenoxy) is 1. The first-order valence-corrected chi connectivity index (χ1v) is 10.6. The highest BCUT2D eigenvalue weighted by molar-refractivity contribution is 6.04. The largest absolute Gasteiger partial charge is 0.496 e. The monoisotopic (exact) mass is 430 g/mol. The fourth-order valence-electron chi connectivity index (χ4n) is 4.35. The number of nitrogens with zero attached hydrogens (tertiary/aromatic N) is 3. The molecule has 1 atom stereocenters. The van der Waals surface area contributed by atoms with Gasteiger partial charge in [0.05, 0.1) is 23.9 Å². The SMILES string of the molecule is COc1cc(C)[nH]c(=O)c1CCC(=O)c1c(C)c(C(C)c2cccnc2)n2ncccc12. The first kappa shape index (κ1) is 21.5. The molecule has 0 saturated heterocycles. The van der Waals surface area contributed by atoms with Crippen molar-refractivity contribution in [1.82, 2.24) is 19.6 Å². The second-order valence-corrected chi connectivity index (χ2v) is 7.97. The molecule has 0 aromatic carbocycles. The van der Waals surface area contributed by atoms with Crippen molar-refractivity contribution in [3.8, 4) is 5.75 Å². The minimum Gasteiger partial charge on any atom is -0.496 e. The van der Waals surface area contributed by atoms with E-state index in [1.807, 2.05) is 41.9 Å². The molecule has 0 fully saturated rings. The van der Waals surface area contributed by atoms with Crippen LogP contribution in [0.15, 0.2) is 53.7 Å². The second-order valence-electron chi connectivity index (χ2n) is 7.97. The minimum absolute atomic E-state index is 0.00712. The van der Waals surface area contributed by atoms with E-state index in [4.69, 9.17) is 4.74 Å². The number of H-pyrrole nitrogens is 1. The van der Waals surface area contributed by atoms with E-state index in [2.05, 4.69) is 22.0 Å². The molecule has 1 unspecified atom stereocenters. The molecular formula is C25H26N4O3. The van der Waals surface area contributed by atoms with Crippen molar-refractivity contribution in [2.45, 2.75) is 39.5 Å². The molecule has 0 aliphatic rings. The summed E-state index contributed by atoms with van der Waals surface area (Å²) in [6, 6.07) is 9.45. The van der Waals surface area contributed by atoms with Crippen LogP contribution < -0.4 is 10.3 Å². The van der Waals surface area contributed by atoms with Gasteiger partial charge in [-0.1, -0.05) is 13.0 Å². The summed E-state index contributed by atoms with van der Waals surface area (Å²) in [6.45, 7) is 5.85. The van der Waals surface area contributed by atoms with Crippen LogP contribution in [0.1, 0.15) is 57.7 Å². The van der Waals surface area contributed by atoms with Crippen LogP contribution in [0, 0.1) is 13.8 Å². The van der Waals surface area contributed by atoms with Gasteiger partial charge in [-0.3, -0.25) is 14.6 Å². The summed E-state index contributed by atoms with van der Waals surface area (Å²) in [6.07, 6.45) is 5.79. The molecule has 4 aromatic rings. The number of aromatic amines is 1. The van der Waals surface area contributed by atoms with Crippen LogP contribution >= 0.6 is 0 Å². The van der Waals surface area contributed by atoms with Gasteiger partial charge in [-0.05, 0) is 55.7 Å². The molecule has 0 radical (unpaired) electrons. The Labute approximate surface area is 186 Å². The van der Waals surface area contributed by atoms with Gasteiger partial charge in [-0.2, -0.15) is 5.10 Å². The van der Waals surface area contributed by atoms with Crippen molar-refractivity contribution in [2.75, 3.05) is 7.11 Å². The third-order valence-corrected chi connectivity index (χ3v) is 5.92. The first-order valence-electron chi connectivity index (χ1n) is 10.6. The predicted molar refractivity (Wildman–Crippen MR) is 123 cm³/mol. The summed E-state index contributed by atoms with van der Waals surface area (Å²) >= 11 is 0. The van der Waals surface area contributed by atoms with Gasteiger partial charge in [0.15, 0.2) is 5.78 Å². The molecular weight excluding hydrogens is 404 g/mol. The Morgan fingerprint density at radius 2 is 2.00 bits per heavy atom. The van der Waals surface area contributed by atoms with E-state index in [9.17, 15) is 9.59 Å². The summed E-state index contributed by atoms with van der Waals surface area (Å²) in [5.41, 5.74) is 5.30. The molecule has 4 rings (SSSR count). The maximum absolute atomic E-state index is 13.4. The van der Waals surface area contributed by atoms with E-state index >= 15 is 0 Å². The van der Waals surface area contributed by atoms with E-state index in [-0.39, 0.29) is 23.7 Å². The van der Waals surface area contributed by atoms with E-state index in [1.165, 1.54) is 7.11 Å². The molecule has 4 heterocycles. The number of fused-ring (bicyclic) bond motifs is 1. The van der Waals surface area contributed by atoms with Crippen molar-refractivity contribution in [2.24, 2.45) is 0 Å². The number of methoxy groups -OCH3 is 1. The number of ketones is 1. The van der Waals surface area contributed by atoms with Gasteiger partial charge in [0.25, 0.3) is 5.56 Å². The number of pyridine rings is 2. The second kappa shape index (κ2) is 8.78. The zero-order valence-corrected chi connectivity index (χ0v) is 18.7. The minimum atomic E-state index is -0.222. The maximum Gasteiger partial charge on any atom is 0.255 e. The number of aryl methyl sites for hydroxylation is 1. The topological polar surface area (TPSA) is 89.4 Å². The van der Waals surface area contributed by atoms with E-state index in [1.54, 1.807) is 25.4 Å². The predicted octanol–water partition coefficient (Wildman–Crippen LogP) is 4.01. The highest BCUT2D eigenvalue weighted by Gasteiger charge is 2.25. The quantitative estimate of drug-likeness (QED) is 0.448. The number of hydrogen-bond donors (Lipinski definition) is 1. The molecule has 32 heavy (non-hydrogen) atoms.